The number of hydrogen-bond donors (Lipinski definition) is 1. The Hall–Kier alpha value is -2.68. The van der Waals surface area contributed by atoms with E-state index in [0.717, 1.165) is 22.3 Å². The summed E-state index contributed by atoms with van der Waals surface area (Å²) in [5, 5.41) is 0. The van der Waals surface area contributed by atoms with Crippen LogP contribution >= 0.6 is 0 Å². The molecule has 0 heterocycles. The molecule has 0 bridgehead atoms. The number of nitrogens with two attached hydrogens (primary N) is 1. The van der Waals surface area contributed by atoms with E-state index in [9.17, 15) is 9.59 Å². The van der Waals surface area contributed by atoms with Gasteiger partial charge in [-0.1, -0.05) is 48.6 Å². The molecule has 0 saturated carbocycles. The third-order valence-corrected chi connectivity index (χ3v) is 3.38. The van der Waals surface area contributed by atoms with Crippen molar-refractivity contribution < 1.29 is 9.59 Å². The molecule has 98 valence electrons. The topological polar surface area (TPSA) is 60.2 Å². The van der Waals surface area contributed by atoms with Crippen LogP contribution in [0.25, 0.3) is 17.2 Å². The summed E-state index contributed by atoms with van der Waals surface area (Å²) in [6.07, 6.45) is 3.71. The summed E-state index contributed by atoms with van der Waals surface area (Å²) in [5.74, 6) is -0.313. The molecule has 20 heavy (non-hydrogen) atoms. The van der Waals surface area contributed by atoms with Crippen molar-refractivity contribution in [3.63, 3.8) is 0 Å². The van der Waals surface area contributed by atoms with E-state index < -0.39 is 0 Å². The summed E-state index contributed by atoms with van der Waals surface area (Å²) in [6, 6.07) is 13.4. The molecule has 3 rings (SSSR count). The monoisotopic (exact) mass is 263 g/mol. The zero-order chi connectivity index (χ0) is 14.1. The Labute approximate surface area is 116 Å². The minimum atomic E-state index is -0.370. The third kappa shape index (κ3) is 2.03. The van der Waals surface area contributed by atoms with Crippen molar-refractivity contribution in [3.8, 4) is 11.1 Å². The van der Waals surface area contributed by atoms with Crippen LogP contribution in [0.3, 0.4) is 0 Å². The second-order valence-electron chi connectivity index (χ2n) is 4.75. The molecule has 0 unspecified atom stereocenters. The molecule has 1 aliphatic rings. The highest BCUT2D eigenvalue weighted by atomic mass is 16.1. The second-order valence-corrected chi connectivity index (χ2v) is 4.75. The molecule has 0 saturated heterocycles. The van der Waals surface area contributed by atoms with Gasteiger partial charge in [-0.25, -0.2) is 0 Å². The van der Waals surface area contributed by atoms with Gasteiger partial charge in [0.15, 0.2) is 5.78 Å². The van der Waals surface area contributed by atoms with Gasteiger partial charge in [-0.05, 0) is 22.8 Å². The Morgan fingerprint density at radius 3 is 2.45 bits per heavy atom. The molecule has 2 aromatic carbocycles. The van der Waals surface area contributed by atoms with Gasteiger partial charge in [0.1, 0.15) is 0 Å². The van der Waals surface area contributed by atoms with E-state index >= 15 is 0 Å². The van der Waals surface area contributed by atoms with Crippen LogP contribution in [0.5, 0.6) is 0 Å². The first kappa shape index (κ1) is 12.4. The Morgan fingerprint density at radius 2 is 1.70 bits per heavy atom. The van der Waals surface area contributed by atoms with Gasteiger partial charge in [-0.2, -0.15) is 0 Å². The number of fused-ring (bicyclic) bond motifs is 3. The minimum absolute atomic E-state index is 0.0563. The molecule has 0 aromatic heterocycles. The van der Waals surface area contributed by atoms with Crippen molar-refractivity contribution in [2.24, 2.45) is 5.73 Å². The van der Waals surface area contributed by atoms with E-state index in [1.165, 1.54) is 0 Å². The molecule has 0 radical (unpaired) electrons. The average molecular weight is 263 g/mol. The Morgan fingerprint density at radius 1 is 1.00 bits per heavy atom. The van der Waals surface area contributed by atoms with Crippen molar-refractivity contribution >= 4 is 17.8 Å². The van der Waals surface area contributed by atoms with E-state index in [0.29, 0.717) is 5.56 Å². The fourth-order valence-electron chi connectivity index (χ4n) is 2.46. The smallest absolute Gasteiger partial charge is 0.221 e. The van der Waals surface area contributed by atoms with Crippen LogP contribution in [0.4, 0.5) is 0 Å². The maximum absolute atomic E-state index is 12.3. The highest BCUT2D eigenvalue weighted by molar-refractivity contribution is 6.21. The van der Waals surface area contributed by atoms with Gasteiger partial charge in [-0.15, -0.1) is 0 Å². The highest BCUT2D eigenvalue weighted by Gasteiger charge is 2.25. The zero-order valence-electron chi connectivity index (χ0n) is 10.8. The van der Waals surface area contributed by atoms with Crippen LogP contribution in [0.2, 0.25) is 0 Å². The SMILES string of the molecule is NC(=O)CC=Cc1ccc2c(c1)C(=O)c1ccccc1-2. The molecular formula is C17H13NO2. The molecule has 0 atom stereocenters. The maximum Gasteiger partial charge on any atom is 0.221 e. The van der Waals surface area contributed by atoms with E-state index in [-0.39, 0.29) is 18.1 Å². The van der Waals surface area contributed by atoms with Crippen molar-refractivity contribution in [1.29, 1.82) is 0 Å². The first-order chi connectivity index (χ1) is 9.66. The maximum atomic E-state index is 12.3. The molecule has 0 aliphatic heterocycles. The van der Waals surface area contributed by atoms with Crippen LogP contribution in [-0.2, 0) is 4.79 Å². The number of benzene rings is 2. The number of hydrogen-bond acceptors (Lipinski definition) is 2. The Balaban J connectivity index is 1.98. The molecule has 0 fully saturated rings. The van der Waals surface area contributed by atoms with Crippen LogP contribution < -0.4 is 5.73 Å². The van der Waals surface area contributed by atoms with Crippen LogP contribution in [0.15, 0.2) is 48.5 Å². The highest BCUT2D eigenvalue weighted by Crippen LogP contribution is 2.36. The number of rotatable bonds is 3. The lowest BCUT2D eigenvalue weighted by Gasteiger charge is -2.00. The predicted molar refractivity (Wildman–Crippen MR) is 78.2 cm³/mol. The van der Waals surface area contributed by atoms with Gasteiger partial charge in [0, 0.05) is 17.5 Å². The number of primary amides is 1. The van der Waals surface area contributed by atoms with Crippen molar-refractivity contribution in [2.75, 3.05) is 0 Å². The number of carbonyl (C=O) groups is 2. The second kappa shape index (κ2) is 4.78. The number of carbonyl (C=O) groups excluding carboxylic acids is 2. The Kier molecular flexibility index (Phi) is 2.95. The first-order valence-electron chi connectivity index (χ1n) is 6.40. The number of ketones is 1. The third-order valence-electron chi connectivity index (χ3n) is 3.38. The van der Waals surface area contributed by atoms with E-state index in [1.54, 1.807) is 12.2 Å². The van der Waals surface area contributed by atoms with E-state index in [1.807, 2.05) is 42.5 Å². The van der Waals surface area contributed by atoms with Gasteiger partial charge < -0.3 is 5.73 Å². The van der Waals surface area contributed by atoms with Crippen molar-refractivity contribution in [2.45, 2.75) is 6.42 Å². The fraction of sp³-hybridized carbons (Fsp3) is 0.0588. The van der Waals surface area contributed by atoms with Crippen molar-refractivity contribution in [3.05, 3.63) is 65.2 Å². The molecule has 1 aliphatic carbocycles. The van der Waals surface area contributed by atoms with Gasteiger partial charge in [-0.3, -0.25) is 9.59 Å². The van der Waals surface area contributed by atoms with Crippen LogP contribution in [-0.4, -0.2) is 11.7 Å². The normalized spacial score (nSPS) is 12.5. The van der Waals surface area contributed by atoms with Gasteiger partial charge >= 0.3 is 0 Å². The standard InChI is InChI=1S/C17H13NO2/c18-16(19)7-3-4-11-8-9-13-12-5-1-2-6-14(12)17(20)15(13)10-11/h1-6,8-10H,7H2,(H2,18,19). The van der Waals surface area contributed by atoms with E-state index in [2.05, 4.69) is 0 Å². The summed E-state index contributed by atoms with van der Waals surface area (Å²) in [7, 11) is 0. The van der Waals surface area contributed by atoms with Crippen LogP contribution in [0.1, 0.15) is 27.9 Å². The first-order valence-corrected chi connectivity index (χ1v) is 6.40. The molecule has 2 N–H and O–H groups in total. The van der Waals surface area contributed by atoms with Gasteiger partial charge in [0.25, 0.3) is 0 Å². The lowest BCUT2D eigenvalue weighted by molar-refractivity contribution is -0.117. The summed E-state index contributed by atoms with van der Waals surface area (Å²) in [6.45, 7) is 0. The van der Waals surface area contributed by atoms with Gasteiger partial charge in [0.2, 0.25) is 5.91 Å². The molecule has 2 aromatic rings. The fourth-order valence-corrected chi connectivity index (χ4v) is 2.46. The predicted octanol–water partition coefficient (Wildman–Crippen LogP) is 2.79. The van der Waals surface area contributed by atoms with Crippen LogP contribution in [0, 0.1) is 0 Å². The summed E-state index contributed by atoms with van der Waals surface area (Å²) >= 11 is 0. The molecular weight excluding hydrogens is 250 g/mol. The lowest BCUT2D eigenvalue weighted by atomic mass is 10.0. The molecule has 3 heteroatoms. The summed E-state index contributed by atoms with van der Waals surface area (Å²) in [5.41, 5.74) is 9.40. The summed E-state index contributed by atoms with van der Waals surface area (Å²) in [4.78, 5) is 23.0. The zero-order valence-corrected chi connectivity index (χ0v) is 10.8. The quantitative estimate of drug-likeness (QED) is 0.789. The Bertz CT molecular complexity index is 744. The molecule has 3 nitrogen and oxygen atoms in total. The minimum Gasteiger partial charge on any atom is -0.369 e. The lowest BCUT2D eigenvalue weighted by Crippen LogP contribution is -2.07. The van der Waals surface area contributed by atoms with E-state index in [4.69, 9.17) is 5.73 Å². The average Bonchev–Trinajstić information content (AvgIpc) is 2.73. The number of amides is 1. The van der Waals surface area contributed by atoms with Crippen molar-refractivity contribution in [1.82, 2.24) is 0 Å². The molecule has 1 amide bonds. The molecule has 0 spiro atoms. The largest absolute Gasteiger partial charge is 0.369 e. The summed E-state index contributed by atoms with van der Waals surface area (Å²) < 4.78 is 0. The van der Waals surface area contributed by atoms with Gasteiger partial charge in [0.05, 0.1) is 0 Å².